The van der Waals surface area contributed by atoms with Crippen LogP contribution in [0, 0.1) is 0 Å². The molecule has 24 heavy (non-hydrogen) atoms. The van der Waals surface area contributed by atoms with Gasteiger partial charge in [0.2, 0.25) is 0 Å². The van der Waals surface area contributed by atoms with Crippen LogP contribution < -0.4 is 22.1 Å². The zero-order valence-electron chi connectivity index (χ0n) is 14.1. The Bertz CT molecular complexity index is 584. The summed E-state index contributed by atoms with van der Waals surface area (Å²) in [6, 6.07) is 0. The zero-order chi connectivity index (χ0) is 16.8. The molecule has 1 aromatic rings. The molecule has 0 saturated heterocycles. The van der Waals surface area contributed by atoms with Gasteiger partial charge in [0.05, 0.1) is 25.5 Å². The molecule has 0 aliphatic carbocycles. The Balaban J connectivity index is 1.75. The van der Waals surface area contributed by atoms with Crippen LogP contribution in [0.1, 0.15) is 19.3 Å². The average Bonchev–Trinajstić information content (AvgIpc) is 3.21. The van der Waals surface area contributed by atoms with Gasteiger partial charge in [0.25, 0.3) is 6.29 Å². The molecule has 0 spiro atoms. The van der Waals surface area contributed by atoms with Gasteiger partial charge in [-0.05, 0) is 19.5 Å². The van der Waals surface area contributed by atoms with E-state index in [-0.39, 0.29) is 6.29 Å². The highest BCUT2D eigenvalue weighted by Gasteiger charge is 2.38. The molecule has 1 aromatic heterocycles. The number of azo groups is 1. The largest absolute Gasteiger partial charge is 0.368 e. The van der Waals surface area contributed by atoms with Crippen LogP contribution in [-0.4, -0.2) is 53.3 Å². The Labute approximate surface area is 142 Å². The molecular formula is C15H28N9+. The van der Waals surface area contributed by atoms with Gasteiger partial charge in [0.15, 0.2) is 5.82 Å². The summed E-state index contributed by atoms with van der Waals surface area (Å²) >= 11 is 0. The SMILES string of the molecule is NCCC[N+]1(CCCN)C=CNC1N=Nc1cnn2c1NCCC2. The Hall–Kier alpha value is -1.97. The van der Waals surface area contributed by atoms with E-state index >= 15 is 0 Å². The van der Waals surface area contributed by atoms with Gasteiger partial charge in [-0.2, -0.15) is 5.10 Å². The van der Waals surface area contributed by atoms with Crippen LogP contribution in [0.4, 0.5) is 11.5 Å². The maximum Gasteiger partial charge on any atom is 0.283 e. The number of hydrogen-bond acceptors (Lipinski definition) is 7. The summed E-state index contributed by atoms with van der Waals surface area (Å²) < 4.78 is 2.65. The van der Waals surface area contributed by atoms with Gasteiger partial charge >= 0.3 is 0 Å². The highest BCUT2D eigenvalue weighted by atomic mass is 15.5. The highest BCUT2D eigenvalue weighted by Crippen LogP contribution is 2.29. The van der Waals surface area contributed by atoms with E-state index in [1.54, 1.807) is 6.20 Å². The molecule has 0 bridgehead atoms. The first-order chi connectivity index (χ1) is 11.8. The van der Waals surface area contributed by atoms with Gasteiger partial charge in [-0.1, -0.05) is 0 Å². The molecule has 6 N–H and O–H groups in total. The van der Waals surface area contributed by atoms with Crippen molar-refractivity contribution >= 4 is 11.5 Å². The Morgan fingerprint density at radius 1 is 1.29 bits per heavy atom. The fourth-order valence-electron chi connectivity index (χ4n) is 3.27. The van der Waals surface area contributed by atoms with E-state index < -0.39 is 0 Å². The van der Waals surface area contributed by atoms with E-state index in [4.69, 9.17) is 11.5 Å². The van der Waals surface area contributed by atoms with Crippen molar-refractivity contribution in [2.24, 2.45) is 21.7 Å². The van der Waals surface area contributed by atoms with Crippen molar-refractivity contribution in [1.82, 2.24) is 15.1 Å². The number of rotatable bonds is 8. The third-order valence-electron chi connectivity index (χ3n) is 4.60. The molecule has 0 aromatic carbocycles. The smallest absolute Gasteiger partial charge is 0.283 e. The van der Waals surface area contributed by atoms with Crippen LogP contribution in [0.15, 0.2) is 28.8 Å². The second-order valence-corrected chi connectivity index (χ2v) is 6.29. The number of fused-ring (bicyclic) bond motifs is 1. The number of aromatic nitrogens is 2. The van der Waals surface area contributed by atoms with Crippen molar-refractivity contribution < 1.29 is 4.48 Å². The molecule has 9 nitrogen and oxygen atoms in total. The van der Waals surface area contributed by atoms with Crippen molar-refractivity contribution in [3.8, 4) is 0 Å². The highest BCUT2D eigenvalue weighted by molar-refractivity contribution is 5.60. The summed E-state index contributed by atoms with van der Waals surface area (Å²) in [7, 11) is 0. The van der Waals surface area contributed by atoms with E-state index in [1.165, 1.54) is 0 Å². The lowest BCUT2D eigenvalue weighted by atomic mass is 10.2. The van der Waals surface area contributed by atoms with Gasteiger partial charge in [-0.25, -0.2) is 4.68 Å². The molecule has 1 unspecified atom stereocenters. The molecule has 0 radical (unpaired) electrons. The van der Waals surface area contributed by atoms with Crippen molar-refractivity contribution in [1.29, 1.82) is 0 Å². The molecule has 9 heteroatoms. The Morgan fingerprint density at radius 2 is 2.08 bits per heavy atom. The van der Waals surface area contributed by atoms with Crippen LogP contribution in [0.3, 0.4) is 0 Å². The quantitative estimate of drug-likeness (QED) is 0.411. The predicted molar refractivity (Wildman–Crippen MR) is 93.3 cm³/mol. The predicted octanol–water partition coefficient (Wildman–Crippen LogP) is 0.655. The number of quaternary nitrogens is 1. The normalized spacial score (nSPS) is 21.7. The summed E-state index contributed by atoms with van der Waals surface area (Å²) in [5.74, 6) is 0.956. The van der Waals surface area contributed by atoms with Crippen LogP contribution in [0.25, 0.3) is 0 Å². The second kappa shape index (κ2) is 7.73. The maximum absolute atomic E-state index is 5.71. The van der Waals surface area contributed by atoms with Gasteiger partial charge in [0.1, 0.15) is 11.9 Å². The molecule has 0 saturated carbocycles. The summed E-state index contributed by atoms with van der Waals surface area (Å²) in [4.78, 5) is 0. The molecule has 1 atom stereocenters. The van der Waals surface area contributed by atoms with Crippen LogP contribution in [0.2, 0.25) is 0 Å². The first kappa shape index (κ1) is 16.9. The van der Waals surface area contributed by atoms with Crippen molar-refractivity contribution in [2.75, 3.05) is 38.0 Å². The van der Waals surface area contributed by atoms with Gasteiger partial charge in [-0.15, -0.1) is 10.2 Å². The second-order valence-electron chi connectivity index (χ2n) is 6.29. The third kappa shape index (κ3) is 3.42. The van der Waals surface area contributed by atoms with Crippen molar-refractivity contribution in [2.45, 2.75) is 32.1 Å². The maximum atomic E-state index is 5.71. The number of hydrogen-bond donors (Lipinski definition) is 4. The van der Waals surface area contributed by atoms with Gasteiger partial charge in [0, 0.05) is 25.9 Å². The zero-order valence-corrected chi connectivity index (χ0v) is 14.1. The first-order valence-corrected chi connectivity index (χ1v) is 8.70. The lowest BCUT2D eigenvalue weighted by molar-refractivity contribution is -0.900. The van der Waals surface area contributed by atoms with E-state index in [9.17, 15) is 0 Å². The topological polar surface area (TPSA) is 119 Å². The molecule has 2 aliphatic heterocycles. The minimum atomic E-state index is -0.137. The van der Waals surface area contributed by atoms with Crippen LogP contribution in [0.5, 0.6) is 0 Å². The molecular weight excluding hydrogens is 306 g/mol. The molecule has 3 rings (SSSR count). The fourth-order valence-corrected chi connectivity index (χ4v) is 3.27. The molecule has 0 amide bonds. The van der Waals surface area contributed by atoms with Crippen molar-refractivity contribution in [3.63, 3.8) is 0 Å². The number of nitrogens with two attached hydrogens (primary N) is 2. The van der Waals surface area contributed by atoms with E-state index in [0.717, 1.165) is 56.9 Å². The van der Waals surface area contributed by atoms with Gasteiger partial charge < -0.3 is 22.1 Å². The number of anilines is 1. The lowest BCUT2D eigenvalue weighted by Crippen LogP contribution is -2.53. The van der Waals surface area contributed by atoms with Crippen LogP contribution >= 0.6 is 0 Å². The summed E-state index contributed by atoms with van der Waals surface area (Å²) in [5, 5.41) is 20.1. The molecule has 3 heterocycles. The lowest BCUT2D eigenvalue weighted by Gasteiger charge is -2.34. The first-order valence-electron chi connectivity index (χ1n) is 8.70. The minimum Gasteiger partial charge on any atom is -0.368 e. The summed E-state index contributed by atoms with van der Waals surface area (Å²) in [6.07, 6.45) is 8.71. The Morgan fingerprint density at radius 3 is 2.83 bits per heavy atom. The van der Waals surface area contributed by atoms with Crippen molar-refractivity contribution in [3.05, 3.63) is 18.6 Å². The van der Waals surface area contributed by atoms with E-state index in [0.29, 0.717) is 17.6 Å². The Kier molecular flexibility index (Phi) is 5.44. The van der Waals surface area contributed by atoms with E-state index in [1.807, 2.05) is 10.9 Å². The third-order valence-corrected chi connectivity index (χ3v) is 4.60. The molecule has 2 aliphatic rings. The fraction of sp³-hybridized carbons (Fsp3) is 0.667. The molecule has 0 fully saturated rings. The van der Waals surface area contributed by atoms with Gasteiger partial charge in [-0.3, -0.25) is 4.48 Å². The molecule has 132 valence electrons. The van der Waals surface area contributed by atoms with Crippen LogP contribution in [-0.2, 0) is 6.54 Å². The number of nitrogens with one attached hydrogen (secondary N) is 2. The minimum absolute atomic E-state index is 0.137. The average molecular weight is 334 g/mol. The summed E-state index contributed by atoms with van der Waals surface area (Å²) in [6.45, 7) is 5.06. The number of aryl methyl sites for hydroxylation is 1. The summed E-state index contributed by atoms with van der Waals surface area (Å²) in [5.41, 5.74) is 12.2. The van der Waals surface area contributed by atoms with E-state index in [2.05, 4.69) is 32.2 Å². The number of nitrogens with zero attached hydrogens (tertiary/aromatic N) is 5. The standard InChI is InChI=1S/C15H28N9/c16-4-1-9-24(10-2-5-17)11-7-19-15(24)22-21-13-12-20-23-8-3-6-18-14(13)23/h7,11-12,15,18-19H,1-6,8-10,16-17H2/q+1. The monoisotopic (exact) mass is 334 g/mol.